The van der Waals surface area contributed by atoms with E-state index in [4.69, 9.17) is 19.0 Å². The molecule has 1 aromatic rings. The van der Waals surface area contributed by atoms with Gasteiger partial charge >= 0.3 is 87.9 Å². The molecular weight excluding hydrogens is 265 g/mol. The van der Waals surface area contributed by atoms with E-state index in [0.717, 1.165) is 12.1 Å². The summed E-state index contributed by atoms with van der Waals surface area (Å²) < 4.78 is 28.7. The number of Topliss-reactive ketones (excluding diaryl/α,β-unsaturated/α-hetero) is 1. The quantitative estimate of drug-likeness (QED) is 0.288. The van der Waals surface area contributed by atoms with E-state index in [2.05, 4.69) is 0 Å². The van der Waals surface area contributed by atoms with Crippen LogP contribution in [0.2, 0.25) is 0 Å². The van der Waals surface area contributed by atoms with Crippen molar-refractivity contribution in [1.29, 1.82) is 0 Å². The molecule has 7 heteroatoms. The first-order valence-electron chi connectivity index (χ1n) is 3.96. The van der Waals surface area contributed by atoms with Crippen LogP contribution in [0.3, 0.4) is 0 Å². The van der Waals surface area contributed by atoms with Crippen molar-refractivity contribution in [3.05, 3.63) is 23.8 Å². The number of hydrogen-bond donors (Lipinski definition) is 4. The second kappa shape index (κ2) is 4.20. The van der Waals surface area contributed by atoms with Gasteiger partial charge in [0.1, 0.15) is 0 Å². The maximum atomic E-state index is 11.2. The molecule has 0 bridgehead atoms. The zero-order valence-corrected chi connectivity index (χ0v) is 9.50. The van der Waals surface area contributed by atoms with E-state index >= 15 is 0 Å². The van der Waals surface area contributed by atoms with Crippen molar-refractivity contribution >= 4 is 30.0 Å². The maximum absolute atomic E-state index is 11.2. The van der Waals surface area contributed by atoms with Crippen LogP contribution in [-0.2, 0) is 3.74 Å². The third-order valence-electron chi connectivity index (χ3n) is 1.78. The van der Waals surface area contributed by atoms with Crippen LogP contribution < -0.4 is 10.1 Å². The van der Waals surface area contributed by atoms with Crippen molar-refractivity contribution in [2.24, 2.45) is 0 Å². The summed E-state index contributed by atoms with van der Waals surface area (Å²) in [5, 5.41) is 8.63. The number of benzene rings is 1. The number of aliphatic hydroxyl groups is 1. The summed E-state index contributed by atoms with van der Waals surface area (Å²) in [5.41, 5.74) is 5.37. The predicted octanol–water partition coefficient (Wildman–Crippen LogP) is -2.00. The van der Waals surface area contributed by atoms with Crippen LogP contribution in [0.1, 0.15) is 10.4 Å². The van der Waals surface area contributed by atoms with Gasteiger partial charge in [-0.2, -0.15) is 0 Å². The molecule has 15 heavy (non-hydrogen) atoms. The molecule has 1 rings (SSSR count). The summed E-state index contributed by atoms with van der Waals surface area (Å²) in [6.07, 6.45) is 0. The Labute approximate surface area is 88.3 Å². The van der Waals surface area contributed by atoms with Crippen LogP contribution in [0.15, 0.2) is 18.2 Å². The Morgan fingerprint density at radius 3 is 2.47 bits per heavy atom. The first-order valence-corrected chi connectivity index (χ1v) is 7.34. The Bertz CT molecular complexity index is 439. The fourth-order valence-corrected chi connectivity index (χ4v) is 2.74. The fourth-order valence-electron chi connectivity index (χ4n) is 1.12. The van der Waals surface area contributed by atoms with Crippen LogP contribution in [-0.4, -0.2) is 39.9 Å². The molecule has 0 atom stereocenters. The van der Waals surface area contributed by atoms with Crippen LogP contribution in [0.25, 0.3) is 0 Å². The van der Waals surface area contributed by atoms with Gasteiger partial charge in [-0.3, -0.25) is 0 Å². The normalized spacial score (nSPS) is 11.4. The van der Waals surface area contributed by atoms with Gasteiger partial charge < -0.3 is 0 Å². The topological polar surface area (TPSA) is 121 Å². The van der Waals surface area contributed by atoms with E-state index in [0.29, 0.717) is 0 Å². The molecule has 0 aromatic heterocycles. The van der Waals surface area contributed by atoms with Crippen molar-refractivity contribution in [2.45, 2.75) is 0 Å². The molecule has 1 aromatic carbocycles. The number of rotatable bonds is 3. The van der Waals surface area contributed by atoms with E-state index in [-0.39, 0.29) is 15.6 Å². The summed E-state index contributed by atoms with van der Waals surface area (Å²) in [5.74, 6) is -0.762. The molecule has 0 aliphatic rings. The van der Waals surface area contributed by atoms with E-state index in [9.17, 15) is 8.53 Å². The van der Waals surface area contributed by atoms with E-state index in [1.807, 2.05) is 0 Å². The molecule has 0 saturated carbocycles. The first kappa shape index (κ1) is 12.0. The molecule has 6 nitrogen and oxygen atoms in total. The number of nitrogen functional groups attached to an aromatic ring is 1. The molecule has 0 spiro atoms. The average molecular weight is 275 g/mol. The van der Waals surface area contributed by atoms with Crippen LogP contribution in [0.4, 0.5) is 5.69 Å². The molecule has 0 amide bonds. The van der Waals surface area contributed by atoms with Crippen molar-refractivity contribution < 1.29 is 21.8 Å². The van der Waals surface area contributed by atoms with Gasteiger partial charge in [0.2, 0.25) is 0 Å². The van der Waals surface area contributed by atoms with Gasteiger partial charge in [0.15, 0.2) is 0 Å². The van der Waals surface area contributed by atoms with Crippen LogP contribution >= 0.6 is 0 Å². The third-order valence-corrected chi connectivity index (χ3v) is 3.91. The number of aliphatic hydroxyl groups excluding tert-OH is 1. The SMILES string of the molecule is Nc1ccc([As](=O)(O)O)c(C(=O)CO)c1. The number of nitrogens with two attached hydrogens (primary N) is 1. The van der Waals surface area contributed by atoms with Crippen molar-refractivity contribution in [3.63, 3.8) is 0 Å². The molecule has 0 aliphatic heterocycles. The van der Waals surface area contributed by atoms with E-state index in [1.165, 1.54) is 6.07 Å². The zero-order valence-electron chi connectivity index (χ0n) is 7.62. The second-order valence-electron chi connectivity index (χ2n) is 2.90. The van der Waals surface area contributed by atoms with E-state index < -0.39 is 26.6 Å². The molecule has 0 saturated heterocycles. The summed E-state index contributed by atoms with van der Waals surface area (Å²) in [6.45, 7) is -0.813. The fraction of sp³-hybridized carbons (Fsp3) is 0.125. The minimum atomic E-state index is -5.16. The van der Waals surface area contributed by atoms with Gasteiger partial charge in [0.25, 0.3) is 0 Å². The van der Waals surface area contributed by atoms with Gasteiger partial charge in [0, 0.05) is 0 Å². The van der Waals surface area contributed by atoms with Crippen LogP contribution in [0, 0.1) is 0 Å². The van der Waals surface area contributed by atoms with Crippen molar-refractivity contribution in [3.8, 4) is 0 Å². The first-order chi connectivity index (χ1) is 6.86. The summed E-state index contributed by atoms with van der Waals surface area (Å²) >= 11 is -5.16. The van der Waals surface area contributed by atoms with Gasteiger partial charge in [-0.1, -0.05) is 0 Å². The number of ketones is 1. The molecule has 5 N–H and O–H groups in total. The molecule has 0 fully saturated rings. The molecule has 0 unspecified atom stereocenters. The molecule has 0 heterocycles. The zero-order chi connectivity index (χ0) is 11.6. The Morgan fingerprint density at radius 2 is 2.00 bits per heavy atom. The van der Waals surface area contributed by atoms with Crippen LogP contribution in [0.5, 0.6) is 0 Å². The Kier molecular flexibility index (Phi) is 3.36. The average Bonchev–Trinajstić information content (AvgIpc) is 2.14. The Balaban J connectivity index is 3.40. The second-order valence-corrected chi connectivity index (χ2v) is 6.20. The predicted molar refractivity (Wildman–Crippen MR) is 52.8 cm³/mol. The molecule has 0 radical (unpaired) electrons. The van der Waals surface area contributed by atoms with Crippen molar-refractivity contribution in [1.82, 2.24) is 0 Å². The standard InChI is InChI=1S/C8H10AsNO5/c10-5-1-2-7(9(13,14)15)6(3-5)8(12)4-11/h1-3,11H,4,10H2,(H2,13,14,15). The minimum absolute atomic E-state index is 0.208. The molecular formula is C8H10AsNO5. The number of anilines is 1. The number of hydrogen-bond acceptors (Lipinski definition) is 4. The van der Waals surface area contributed by atoms with Gasteiger partial charge in [-0.05, 0) is 0 Å². The Morgan fingerprint density at radius 1 is 1.40 bits per heavy atom. The molecule has 0 aliphatic carbocycles. The number of carbonyl (C=O) groups is 1. The molecule has 82 valence electrons. The van der Waals surface area contributed by atoms with Gasteiger partial charge in [-0.15, -0.1) is 0 Å². The van der Waals surface area contributed by atoms with Gasteiger partial charge in [0.05, 0.1) is 0 Å². The third kappa shape index (κ3) is 2.70. The van der Waals surface area contributed by atoms with Crippen molar-refractivity contribution in [2.75, 3.05) is 12.3 Å². The number of carbonyl (C=O) groups excluding carboxylic acids is 1. The summed E-state index contributed by atoms with van der Waals surface area (Å²) in [7, 11) is 0. The van der Waals surface area contributed by atoms with E-state index in [1.54, 1.807) is 0 Å². The summed E-state index contributed by atoms with van der Waals surface area (Å²) in [6, 6.07) is 3.55. The summed E-state index contributed by atoms with van der Waals surface area (Å²) in [4.78, 5) is 11.2. The Hall–Kier alpha value is -1.07. The monoisotopic (exact) mass is 275 g/mol. The van der Waals surface area contributed by atoms with Gasteiger partial charge in [-0.25, -0.2) is 0 Å².